The Bertz CT molecular complexity index is 2220. The second-order valence-electron chi connectivity index (χ2n) is 20.0. The zero-order valence-electron chi connectivity index (χ0n) is 37.9. The first-order valence-corrected chi connectivity index (χ1v) is 22.2. The summed E-state index contributed by atoms with van der Waals surface area (Å²) in [5, 5.41) is 28.0. The fourth-order valence-corrected chi connectivity index (χ4v) is 11.2. The fraction of sp³-hybridized carbons (Fsp3) is 0.638. The maximum Gasteiger partial charge on any atom is 0.408 e. The molecule has 65 heavy (non-hydrogen) atoms. The van der Waals surface area contributed by atoms with Gasteiger partial charge in [-0.25, -0.2) is 23.2 Å². The van der Waals surface area contributed by atoms with Gasteiger partial charge in [0.2, 0.25) is 0 Å². The van der Waals surface area contributed by atoms with E-state index in [4.69, 9.17) is 33.2 Å². The second kappa shape index (κ2) is 16.9. The van der Waals surface area contributed by atoms with Gasteiger partial charge in [0.15, 0.2) is 18.0 Å². The SMILES string of the molecule is CC(=O)O[C@@]12CO[C@@H]1C[C@@H](F)[C@@]1(C)[C@@H]3O[C@H](CN4CCC4)O[C@@H]3C3=C(C)[C@@H](OC(=O)[C@H](O)[C@@H](NC(=O)OC(C)(C)C)c4ncccc4F)C[C@@](O)([C@@H](OC(=O)c4ccccc4)[C@H]21)C3(C)C. The summed E-state index contributed by atoms with van der Waals surface area (Å²) in [5.74, 6) is -5.25. The number of halogens is 2. The van der Waals surface area contributed by atoms with E-state index in [-0.39, 0.29) is 18.6 Å². The topological polar surface area (TPSA) is 202 Å². The number of pyridine rings is 1. The number of aliphatic hydroxyl groups is 2. The van der Waals surface area contributed by atoms with Crippen LogP contribution in [-0.4, -0.2) is 136 Å². The molecule has 1 aromatic carbocycles. The summed E-state index contributed by atoms with van der Waals surface area (Å²) in [7, 11) is 0. The Kier molecular flexibility index (Phi) is 12.2. The molecule has 18 heteroatoms. The monoisotopic (exact) mass is 911 g/mol. The molecule has 3 aliphatic heterocycles. The molecule has 1 amide bonds. The highest BCUT2D eigenvalue weighted by molar-refractivity contribution is 5.89. The van der Waals surface area contributed by atoms with Crippen molar-refractivity contribution in [3.8, 4) is 0 Å². The van der Waals surface area contributed by atoms with E-state index in [0.717, 1.165) is 25.6 Å². The standard InChI is InChI=1S/C47H59F2N3O13/c1-24-28(60-41(56)35(54)34(33-27(48)16-12-17-50-33)51-42(57)65-43(3,4)5)21-47(58)39(63-40(55)26-14-10-9-11-15-26)37-45(8,29(49)20-30-46(37,23-59-30)64-25(2)53)38-36(32(24)44(47,6)7)61-31(62-38)22-52-18-13-19-52/h9-12,14-17,28-31,34-39,54,58H,13,18-23H2,1-8H3,(H,51,57)/t28-,29+,30+,31+,34-,35+,36+,37-,38+,39-,45+,46-,47+/m0/s1. The highest BCUT2D eigenvalue weighted by Crippen LogP contribution is 2.67. The summed E-state index contributed by atoms with van der Waals surface area (Å²) in [6.07, 6.45) is -11.0. The van der Waals surface area contributed by atoms with Crippen LogP contribution in [0.25, 0.3) is 0 Å². The minimum Gasteiger partial charge on any atom is -0.456 e. The van der Waals surface area contributed by atoms with Crippen molar-refractivity contribution < 1.29 is 71.3 Å². The number of carbonyl (C=O) groups is 4. The Morgan fingerprint density at radius 3 is 2.35 bits per heavy atom. The van der Waals surface area contributed by atoms with Crippen molar-refractivity contribution in [3.63, 3.8) is 0 Å². The van der Waals surface area contributed by atoms with Gasteiger partial charge in [-0.2, -0.15) is 0 Å². The summed E-state index contributed by atoms with van der Waals surface area (Å²) >= 11 is 0. The number of hydrogen-bond acceptors (Lipinski definition) is 15. The maximum atomic E-state index is 17.7. The molecule has 16 nitrogen and oxygen atoms in total. The number of aromatic nitrogens is 1. The smallest absolute Gasteiger partial charge is 0.408 e. The number of aliphatic hydroxyl groups excluding tert-OH is 1. The molecule has 2 aromatic rings. The predicted octanol–water partition coefficient (Wildman–Crippen LogP) is 4.66. The zero-order valence-corrected chi connectivity index (χ0v) is 37.9. The van der Waals surface area contributed by atoms with Gasteiger partial charge < -0.3 is 48.7 Å². The molecule has 3 N–H and O–H groups in total. The van der Waals surface area contributed by atoms with Crippen LogP contribution < -0.4 is 5.32 Å². The Balaban J connectivity index is 1.28. The van der Waals surface area contributed by atoms with Gasteiger partial charge in [-0.3, -0.25) is 14.7 Å². The largest absolute Gasteiger partial charge is 0.456 e. The highest BCUT2D eigenvalue weighted by atomic mass is 19.1. The van der Waals surface area contributed by atoms with Crippen LogP contribution in [0.2, 0.25) is 0 Å². The summed E-state index contributed by atoms with van der Waals surface area (Å²) in [4.78, 5) is 61.2. The van der Waals surface area contributed by atoms with Gasteiger partial charge in [0.25, 0.3) is 0 Å². The lowest BCUT2D eigenvalue weighted by molar-refractivity contribution is -0.356. The fourth-order valence-electron chi connectivity index (χ4n) is 11.2. The van der Waals surface area contributed by atoms with Crippen LogP contribution >= 0.6 is 0 Å². The van der Waals surface area contributed by atoms with Gasteiger partial charge in [-0.05, 0) is 82.6 Å². The lowest BCUT2D eigenvalue weighted by Crippen LogP contribution is -2.81. The number of likely N-dealkylation sites (tertiary alicyclic amines) is 1. The molecule has 6 aliphatic rings. The van der Waals surface area contributed by atoms with Crippen molar-refractivity contribution >= 4 is 24.0 Å². The van der Waals surface area contributed by atoms with Crippen molar-refractivity contribution in [3.05, 3.63) is 76.9 Å². The van der Waals surface area contributed by atoms with Crippen LogP contribution in [0.3, 0.4) is 0 Å². The number of carbonyl (C=O) groups excluding carboxylic acids is 4. The second-order valence-corrected chi connectivity index (χ2v) is 20.0. The summed E-state index contributed by atoms with van der Waals surface area (Å²) in [6, 6.07) is 8.53. The highest BCUT2D eigenvalue weighted by Gasteiger charge is 2.79. The molecule has 3 saturated heterocycles. The van der Waals surface area contributed by atoms with Crippen molar-refractivity contribution in [1.82, 2.24) is 15.2 Å². The number of hydrogen-bond donors (Lipinski definition) is 3. The Morgan fingerprint density at radius 2 is 1.75 bits per heavy atom. The number of alkyl halides is 1. The number of benzene rings is 1. The number of rotatable bonds is 10. The molecule has 0 unspecified atom stereocenters. The molecule has 0 spiro atoms. The molecule has 354 valence electrons. The van der Waals surface area contributed by atoms with Gasteiger partial charge in [0.1, 0.15) is 59.3 Å². The van der Waals surface area contributed by atoms with Gasteiger partial charge in [-0.15, -0.1) is 0 Å². The summed E-state index contributed by atoms with van der Waals surface area (Å²) in [6.45, 7) is 14.4. The molecule has 1 aromatic heterocycles. The lowest BCUT2D eigenvalue weighted by Gasteiger charge is -2.68. The molecule has 0 radical (unpaired) electrons. The van der Waals surface area contributed by atoms with E-state index in [0.29, 0.717) is 17.7 Å². The van der Waals surface area contributed by atoms with Crippen LogP contribution in [0.1, 0.15) is 96.7 Å². The van der Waals surface area contributed by atoms with Gasteiger partial charge in [0.05, 0.1) is 24.2 Å². The lowest BCUT2D eigenvalue weighted by atomic mass is 9.44. The van der Waals surface area contributed by atoms with E-state index < -0.39 is 131 Å². The molecular formula is C47H59F2N3O13. The number of fused-ring (bicyclic) bond motifs is 8. The quantitative estimate of drug-likeness (QED) is 0.169. The Morgan fingerprint density at radius 1 is 1.05 bits per heavy atom. The van der Waals surface area contributed by atoms with Gasteiger partial charge in [-0.1, -0.05) is 39.0 Å². The first-order valence-electron chi connectivity index (χ1n) is 22.2. The molecule has 5 fully saturated rings. The van der Waals surface area contributed by atoms with E-state index >= 15 is 8.78 Å². The first-order chi connectivity index (χ1) is 30.5. The summed E-state index contributed by atoms with van der Waals surface area (Å²) < 4.78 is 77.0. The van der Waals surface area contributed by atoms with Crippen molar-refractivity contribution in [2.24, 2.45) is 16.7 Å². The molecule has 2 bridgehead atoms. The van der Waals surface area contributed by atoms with Crippen LogP contribution in [0.4, 0.5) is 13.6 Å². The molecule has 8 rings (SSSR count). The number of ether oxygens (including phenoxy) is 7. The Hall–Kier alpha value is -4.59. The average molecular weight is 912 g/mol. The number of alkyl carbamates (subject to hydrolysis) is 1. The molecule has 13 atom stereocenters. The van der Waals surface area contributed by atoms with Crippen molar-refractivity contribution in [1.29, 1.82) is 0 Å². The van der Waals surface area contributed by atoms with Crippen molar-refractivity contribution in [2.75, 3.05) is 26.2 Å². The van der Waals surface area contributed by atoms with Crippen LogP contribution in [0, 0.1) is 22.6 Å². The molecule has 4 heterocycles. The normalized spacial score (nSPS) is 35.8. The van der Waals surface area contributed by atoms with Crippen LogP contribution in [0.5, 0.6) is 0 Å². The number of nitrogens with one attached hydrogen (secondary N) is 1. The minimum atomic E-state index is -2.30. The van der Waals surface area contributed by atoms with Crippen LogP contribution in [0.15, 0.2) is 59.8 Å². The number of nitrogens with zero attached hydrogens (tertiary/aromatic N) is 2. The molecular weight excluding hydrogens is 853 g/mol. The third kappa shape index (κ3) is 8.00. The van der Waals surface area contributed by atoms with E-state index in [1.807, 2.05) is 0 Å². The van der Waals surface area contributed by atoms with E-state index in [9.17, 15) is 29.4 Å². The Labute approximate surface area is 376 Å². The summed E-state index contributed by atoms with van der Waals surface area (Å²) in [5.41, 5.74) is -7.77. The third-order valence-electron chi connectivity index (χ3n) is 14.6. The van der Waals surface area contributed by atoms with Gasteiger partial charge in [0, 0.05) is 43.3 Å². The van der Waals surface area contributed by atoms with Crippen molar-refractivity contribution in [2.45, 2.75) is 147 Å². The van der Waals surface area contributed by atoms with E-state index in [1.54, 1.807) is 66.7 Å². The molecule has 3 aliphatic carbocycles. The van der Waals surface area contributed by atoms with Crippen LogP contribution in [-0.2, 0) is 42.7 Å². The predicted molar refractivity (Wildman–Crippen MR) is 224 cm³/mol. The third-order valence-corrected chi connectivity index (χ3v) is 14.6. The van der Waals surface area contributed by atoms with Gasteiger partial charge >= 0.3 is 24.0 Å². The maximum absolute atomic E-state index is 17.7. The average Bonchev–Trinajstić information content (AvgIpc) is 3.63. The zero-order chi connectivity index (χ0) is 47.0. The minimum absolute atomic E-state index is 0.111. The van der Waals surface area contributed by atoms with E-state index in [2.05, 4.69) is 15.2 Å². The molecule has 2 saturated carbocycles. The first kappa shape index (κ1) is 46.9. The van der Waals surface area contributed by atoms with E-state index in [1.165, 1.54) is 31.3 Å². The number of esters is 3. The number of amides is 1.